The molecule has 3 aliphatic rings. The van der Waals surface area contributed by atoms with Gasteiger partial charge in [-0.05, 0) is 79.8 Å². The lowest BCUT2D eigenvalue weighted by molar-refractivity contribution is -0.138. The number of halogens is 1. The van der Waals surface area contributed by atoms with Gasteiger partial charge in [0.05, 0.1) is 17.1 Å². The zero-order valence-electron chi connectivity index (χ0n) is 20.5. The number of benzene rings is 2. The Balaban J connectivity index is 1.29. The predicted molar refractivity (Wildman–Crippen MR) is 134 cm³/mol. The van der Waals surface area contributed by atoms with Crippen LogP contribution in [0.3, 0.4) is 0 Å². The smallest absolute Gasteiger partial charge is 0.290 e. The minimum atomic E-state index is -0.293. The minimum absolute atomic E-state index is 0.0409. The van der Waals surface area contributed by atoms with Crippen molar-refractivity contribution in [3.8, 4) is 11.1 Å². The Morgan fingerprint density at radius 2 is 1.75 bits per heavy atom. The van der Waals surface area contributed by atoms with E-state index in [0.29, 0.717) is 30.3 Å². The number of fused-ring (bicyclic) bond motifs is 1. The molecule has 3 aromatic rings. The minimum Gasteiger partial charge on any atom is -0.393 e. The van der Waals surface area contributed by atoms with Crippen LogP contribution in [-0.2, 0) is 11.8 Å². The molecule has 2 heterocycles. The van der Waals surface area contributed by atoms with E-state index in [-0.39, 0.29) is 36.3 Å². The summed E-state index contributed by atoms with van der Waals surface area (Å²) in [6.07, 6.45) is 5.07. The lowest BCUT2D eigenvalue weighted by Gasteiger charge is -2.41. The molecular formula is C28H31FN4O3. The molecule has 2 saturated carbocycles. The van der Waals surface area contributed by atoms with Gasteiger partial charge in [-0.1, -0.05) is 12.1 Å². The van der Waals surface area contributed by atoms with Gasteiger partial charge in [-0.15, -0.1) is 0 Å². The molecule has 1 aliphatic heterocycles. The predicted octanol–water partition coefficient (Wildman–Crippen LogP) is 3.84. The second-order valence-corrected chi connectivity index (χ2v) is 10.5. The summed E-state index contributed by atoms with van der Waals surface area (Å²) in [7, 11) is 1.85. The highest BCUT2D eigenvalue weighted by atomic mass is 19.1. The molecule has 3 fully saturated rings. The second-order valence-electron chi connectivity index (χ2n) is 10.5. The van der Waals surface area contributed by atoms with E-state index in [1.165, 1.54) is 17.7 Å². The number of rotatable bonds is 4. The molecular weight excluding hydrogens is 459 g/mol. The van der Waals surface area contributed by atoms with Gasteiger partial charge in [0.15, 0.2) is 5.82 Å². The first kappa shape index (κ1) is 23.2. The lowest BCUT2D eigenvalue weighted by Crippen LogP contribution is -2.56. The topological polar surface area (TPSA) is 78.7 Å². The highest BCUT2D eigenvalue weighted by molar-refractivity contribution is 6.01. The number of aryl methyl sites for hydroxylation is 1. The van der Waals surface area contributed by atoms with Crippen LogP contribution in [0, 0.1) is 5.82 Å². The first-order chi connectivity index (χ1) is 17.4. The van der Waals surface area contributed by atoms with E-state index in [1.807, 2.05) is 16.5 Å². The van der Waals surface area contributed by atoms with E-state index < -0.39 is 0 Å². The quantitative estimate of drug-likeness (QED) is 0.603. The molecule has 2 aliphatic carbocycles. The van der Waals surface area contributed by atoms with Gasteiger partial charge < -0.3 is 19.5 Å². The maximum atomic E-state index is 13.6. The zero-order chi connectivity index (χ0) is 25.0. The van der Waals surface area contributed by atoms with Crippen molar-refractivity contribution in [2.75, 3.05) is 19.6 Å². The number of nitrogens with zero attached hydrogens (tertiary/aromatic N) is 4. The third-order valence-electron chi connectivity index (χ3n) is 8.06. The van der Waals surface area contributed by atoms with E-state index in [1.54, 1.807) is 17.0 Å². The van der Waals surface area contributed by atoms with Crippen molar-refractivity contribution < 1.29 is 19.1 Å². The van der Waals surface area contributed by atoms with Crippen molar-refractivity contribution in [3.05, 3.63) is 53.6 Å². The first-order valence-corrected chi connectivity index (χ1v) is 12.9. The number of aromatic nitrogens is 2. The Hall–Kier alpha value is -3.26. The number of hydrogen-bond acceptors (Lipinski definition) is 4. The van der Waals surface area contributed by atoms with Crippen LogP contribution in [0.15, 0.2) is 36.4 Å². The van der Waals surface area contributed by atoms with Gasteiger partial charge in [0, 0.05) is 31.7 Å². The average molecular weight is 491 g/mol. The molecule has 0 atom stereocenters. The highest BCUT2D eigenvalue weighted by Gasteiger charge is 2.35. The van der Waals surface area contributed by atoms with Gasteiger partial charge in [0.2, 0.25) is 5.91 Å². The Labute approximate surface area is 209 Å². The van der Waals surface area contributed by atoms with Crippen LogP contribution in [0.5, 0.6) is 0 Å². The van der Waals surface area contributed by atoms with E-state index in [4.69, 9.17) is 4.98 Å². The Morgan fingerprint density at radius 3 is 2.42 bits per heavy atom. The highest BCUT2D eigenvalue weighted by Crippen LogP contribution is 2.43. The van der Waals surface area contributed by atoms with E-state index in [2.05, 4.69) is 12.1 Å². The number of carbonyl (C=O) groups is 2. The van der Waals surface area contributed by atoms with Crippen molar-refractivity contribution in [1.82, 2.24) is 19.4 Å². The third-order valence-corrected chi connectivity index (χ3v) is 8.06. The molecule has 36 heavy (non-hydrogen) atoms. The maximum absolute atomic E-state index is 13.6. The molecule has 1 N–H and O–H groups in total. The van der Waals surface area contributed by atoms with Crippen LogP contribution in [0.2, 0.25) is 0 Å². The SMILES string of the molecule is Cn1c(C(=O)N2CCN([C@H]3CC[C@H](O)CC3)C(=O)C2)nc2c(-c3ccc(F)cc3)cc(C3CC3)cc21. The number of carbonyl (C=O) groups excluding carboxylic acids is 2. The monoisotopic (exact) mass is 490 g/mol. The van der Waals surface area contributed by atoms with Crippen LogP contribution in [0.4, 0.5) is 4.39 Å². The Kier molecular flexibility index (Phi) is 5.79. The van der Waals surface area contributed by atoms with Crippen LogP contribution >= 0.6 is 0 Å². The zero-order valence-corrected chi connectivity index (χ0v) is 20.5. The fraction of sp³-hybridized carbons (Fsp3) is 0.464. The fourth-order valence-corrected chi connectivity index (χ4v) is 5.76. The lowest BCUT2D eigenvalue weighted by atomic mass is 9.91. The summed E-state index contributed by atoms with van der Waals surface area (Å²) in [6.45, 7) is 1.01. The van der Waals surface area contributed by atoms with Crippen molar-refractivity contribution >= 4 is 22.8 Å². The summed E-state index contributed by atoms with van der Waals surface area (Å²) in [5.74, 6) is 0.229. The fourth-order valence-electron chi connectivity index (χ4n) is 5.76. The molecule has 1 aromatic heterocycles. The van der Waals surface area contributed by atoms with Gasteiger partial charge in [0.25, 0.3) is 5.91 Å². The summed E-state index contributed by atoms with van der Waals surface area (Å²) in [4.78, 5) is 34.8. The standard InChI is InChI=1S/C28H31FN4O3/c1-31-24-15-19(17-2-3-17)14-23(18-4-6-20(29)7-5-18)26(24)30-27(31)28(36)32-12-13-33(25(35)16-32)21-8-10-22(34)11-9-21/h4-7,14-15,17,21-22,34H,2-3,8-13,16H2,1H3/t21-,22-. The van der Waals surface area contributed by atoms with E-state index in [0.717, 1.165) is 55.2 Å². The number of aliphatic hydroxyl groups excluding tert-OH is 1. The summed E-state index contributed by atoms with van der Waals surface area (Å²) in [5.41, 5.74) is 4.55. The third kappa shape index (κ3) is 4.17. The molecule has 2 amide bonds. The van der Waals surface area contributed by atoms with Crippen molar-refractivity contribution in [2.45, 2.75) is 56.6 Å². The van der Waals surface area contributed by atoms with Crippen LogP contribution in [0.1, 0.15) is 60.6 Å². The Bertz CT molecular complexity index is 1320. The molecule has 0 radical (unpaired) electrons. The van der Waals surface area contributed by atoms with Gasteiger partial charge in [0.1, 0.15) is 12.4 Å². The number of piperazine rings is 1. The maximum Gasteiger partial charge on any atom is 0.290 e. The molecule has 7 nitrogen and oxygen atoms in total. The van der Waals surface area contributed by atoms with Gasteiger partial charge in [-0.2, -0.15) is 0 Å². The average Bonchev–Trinajstić information content (AvgIpc) is 3.68. The van der Waals surface area contributed by atoms with Crippen LogP contribution in [-0.4, -0.2) is 68.1 Å². The molecule has 8 heteroatoms. The number of hydrogen-bond donors (Lipinski definition) is 1. The van der Waals surface area contributed by atoms with Gasteiger partial charge >= 0.3 is 0 Å². The summed E-state index contributed by atoms with van der Waals surface area (Å²) in [5, 5.41) is 9.79. The largest absolute Gasteiger partial charge is 0.393 e. The molecule has 0 bridgehead atoms. The second kappa shape index (κ2) is 9.00. The number of aliphatic hydroxyl groups is 1. The van der Waals surface area contributed by atoms with Gasteiger partial charge in [-0.25, -0.2) is 9.37 Å². The van der Waals surface area contributed by atoms with Crippen LogP contribution in [0.25, 0.3) is 22.2 Å². The molecule has 0 unspecified atom stereocenters. The Morgan fingerprint density at radius 1 is 1.03 bits per heavy atom. The molecule has 2 aromatic carbocycles. The van der Waals surface area contributed by atoms with Gasteiger partial charge in [-0.3, -0.25) is 9.59 Å². The summed E-state index contributed by atoms with van der Waals surface area (Å²) in [6, 6.07) is 10.8. The summed E-state index contributed by atoms with van der Waals surface area (Å²) >= 11 is 0. The van der Waals surface area contributed by atoms with E-state index in [9.17, 15) is 19.1 Å². The van der Waals surface area contributed by atoms with E-state index >= 15 is 0 Å². The number of amides is 2. The number of imidazole rings is 1. The van der Waals surface area contributed by atoms with Crippen molar-refractivity contribution in [3.63, 3.8) is 0 Å². The first-order valence-electron chi connectivity index (χ1n) is 12.9. The summed E-state index contributed by atoms with van der Waals surface area (Å²) < 4.78 is 15.4. The normalized spacial score (nSPS) is 22.9. The molecule has 1 saturated heterocycles. The molecule has 0 spiro atoms. The van der Waals surface area contributed by atoms with Crippen molar-refractivity contribution in [1.29, 1.82) is 0 Å². The molecule has 188 valence electrons. The van der Waals surface area contributed by atoms with Crippen molar-refractivity contribution in [2.24, 2.45) is 7.05 Å². The van der Waals surface area contributed by atoms with Crippen LogP contribution < -0.4 is 0 Å². The molecule has 6 rings (SSSR count).